The van der Waals surface area contributed by atoms with Gasteiger partial charge in [-0.1, -0.05) is 23.7 Å². The van der Waals surface area contributed by atoms with E-state index in [9.17, 15) is 4.79 Å². The van der Waals surface area contributed by atoms with Crippen LogP contribution in [0.15, 0.2) is 29.3 Å². The standard InChI is InChI=1S/C20H31ClN4O2/c1-3-22-19(23-13-5-6-16-7-9-17(21)10-8-16)24-18-11-14-25(15-12-18)20(26)27-4-2/h7-10,18H,3-6,11-15H2,1-2H3,(H2,22,23,24). The van der Waals surface area contributed by atoms with E-state index >= 15 is 0 Å². The van der Waals surface area contributed by atoms with Gasteiger partial charge in [0.1, 0.15) is 0 Å². The Labute approximate surface area is 167 Å². The highest BCUT2D eigenvalue weighted by molar-refractivity contribution is 6.30. The summed E-state index contributed by atoms with van der Waals surface area (Å²) in [6.45, 7) is 7.33. The molecule has 0 aromatic heterocycles. The second-order valence-electron chi connectivity index (χ2n) is 6.60. The lowest BCUT2D eigenvalue weighted by atomic mass is 10.1. The molecule has 1 heterocycles. The largest absolute Gasteiger partial charge is 0.450 e. The molecule has 1 aliphatic rings. The number of carbonyl (C=O) groups excluding carboxylic acids is 1. The Balaban J connectivity index is 1.75. The number of nitrogens with zero attached hydrogens (tertiary/aromatic N) is 2. The Kier molecular flexibility index (Phi) is 9.25. The molecule has 1 amide bonds. The van der Waals surface area contributed by atoms with Crippen molar-refractivity contribution in [1.29, 1.82) is 0 Å². The van der Waals surface area contributed by atoms with Gasteiger partial charge in [-0.25, -0.2) is 4.79 Å². The fourth-order valence-electron chi connectivity index (χ4n) is 3.06. The van der Waals surface area contributed by atoms with Crippen LogP contribution >= 0.6 is 11.6 Å². The van der Waals surface area contributed by atoms with Crippen molar-refractivity contribution in [1.82, 2.24) is 15.5 Å². The van der Waals surface area contributed by atoms with E-state index in [-0.39, 0.29) is 6.09 Å². The maximum Gasteiger partial charge on any atom is 0.409 e. The molecule has 6 nitrogen and oxygen atoms in total. The van der Waals surface area contributed by atoms with E-state index in [1.54, 1.807) is 4.90 Å². The third-order valence-corrected chi connectivity index (χ3v) is 4.76. The molecular formula is C20H31ClN4O2. The minimum Gasteiger partial charge on any atom is -0.450 e. The quantitative estimate of drug-likeness (QED) is 0.422. The molecule has 0 bridgehead atoms. The van der Waals surface area contributed by atoms with Gasteiger partial charge in [0.2, 0.25) is 0 Å². The molecular weight excluding hydrogens is 364 g/mol. The van der Waals surface area contributed by atoms with Crippen LogP contribution in [0.5, 0.6) is 0 Å². The molecule has 27 heavy (non-hydrogen) atoms. The van der Waals surface area contributed by atoms with Gasteiger partial charge < -0.3 is 20.3 Å². The van der Waals surface area contributed by atoms with Crippen molar-refractivity contribution in [2.45, 2.75) is 45.6 Å². The summed E-state index contributed by atoms with van der Waals surface area (Å²) in [5, 5.41) is 7.57. The van der Waals surface area contributed by atoms with E-state index in [0.29, 0.717) is 25.7 Å². The summed E-state index contributed by atoms with van der Waals surface area (Å²) in [5.74, 6) is 0.850. The lowest BCUT2D eigenvalue weighted by Gasteiger charge is -2.32. The first-order chi connectivity index (χ1) is 13.1. The van der Waals surface area contributed by atoms with Crippen LogP contribution in [0.2, 0.25) is 5.02 Å². The maximum absolute atomic E-state index is 11.8. The monoisotopic (exact) mass is 394 g/mol. The van der Waals surface area contributed by atoms with Gasteiger partial charge in [-0.3, -0.25) is 4.99 Å². The van der Waals surface area contributed by atoms with E-state index in [0.717, 1.165) is 49.8 Å². The predicted octanol–water partition coefficient (Wildman–Crippen LogP) is 3.45. The number of likely N-dealkylation sites (tertiary alicyclic amines) is 1. The van der Waals surface area contributed by atoms with Crippen LogP contribution in [-0.4, -0.2) is 55.8 Å². The van der Waals surface area contributed by atoms with Gasteiger partial charge in [-0.05, 0) is 57.2 Å². The first-order valence-electron chi connectivity index (χ1n) is 9.83. The van der Waals surface area contributed by atoms with Crippen molar-refractivity contribution in [2.24, 2.45) is 4.99 Å². The molecule has 0 atom stereocenters. The number of ether oxygens (including phenoxy) is 1. The number of amides is 1. The molecule has 1 aliphatic heterocycles. The van der Waals surface area contributed by atoms with Crippen LogP contribution in [0.1, 0.15) is 38.7 Å². The van der Waals surface area contributed by atoms with Crippen molar-refractivity contribution in [3.05, 3.63) is 34.9 Å². The van der Waals surface area contributed by atoms with Crippen LogP contribution in [0, 0.1) is 0 Å². The molecule has 1 aromatic carbocycles. The normalized spacial score (nSPS) is 15.5. The van der Waals surface area contributed by atoms with Crippen molar-refractivity contribution in [3.8, 4) is 0 Å². The predicted molar refractivity (Wildman–Crippen MR) is 111 cm³/mol. The third kappa shape index (κ3) is 7.67. The molecule has 150 valence electrons. The van der Waals surface area contributed by atoms with Gasteiger partial charge >= 0.3 is 6.09 Å². The van der Waals surface area contributed by atoms with Crippen molar-refractivity contribution >= 4 is 23.7 Å². The van der Waals surface area contributed by atoms with E-state index in [1.807, 2.05) is 19.1 Å². The first-order valence-corrected chi connectivity index (χ1v) is 10.2. The van der Waals surface area contributed by atoms with Crippen LogP contribution in [0.4, 0.5) is 4.79 Å². The number of carbonyl (C=O) groups is 1. The molecule has 2 rings (SSSR count). The molecule has 1 aromatic rings. The molecule has 7 heteroatoms. The Bertz CT molecular complexity index is 599. The first kappa shape index (κ1) is 21.4. The van der Waals surface area contributed by atoms with Gasteiger partial charge in [0.15, 0.2) is 5.96 Å². The van der Waals surface area contributed by atoms with Gasteiger partial charge in [0.05, 0.1) is 6.61 Å². The summed E-state index contributed by atoms with van der Waals surface area (Å²) >= 11 is 5.92. The highest BCUT2D eigenvalue weighted by Gasteiger charge is 2.23. The number of halogens is 1. The van der Waals surface area contributed by atoms with Crippen LogP contribution < -0.4 is 10.6 Å². The number of benzene rings is 1. The van der Waals surface area contributed by atoms with E-state index in [4.69, 9.17) is 16.3 Å². The Morgan fingerprint density at radius 3 is 2.59 bits per heavy atom. The maximum atomic E-state index is 11.8. The number of aliphatic imine (C=N–C) groups is 1. The zero-order chi connectivity index (χ0) is 19.5. The topological polar surface area (TPSA) is 66.0 Å². The molecule has 0 spiro atoms. The molecule has 2 N–H and O–H groups in total. The number of piperidine rings is 1. The Hall–Kier alpha value is -1.95. The minimum absolute atomic E-state index is 0.210. The summed E-state index contributed by atoms with van der Waals surface area (Å²) in [6, 6.07) is 8.30. The lowest BCUT2D eigenvalue weighted by Crippen LogP contribution is -2.49. The molecule has 0 unspecified atom stereocenters. The molecule has 0 saturated carbocycles. The van der Waals surface area contributed by atoms with Gasteiger partial charge in [0, 0.05) is 37.2 Å². The number of hydrogen-bond donors (Lipinski definition) is 2. The summed E-state index contributed by atoms with van der Waals surface area (Å²) in [6.07, 6.45) is 3.55. The zero-order valence-electron chi connectivity index (χ0n) is 16.3. The Morgan fingerprint density at radius 1 is 1.26 bits per heavy atom. The molecule has 1 fully saturated rings. The second-order valence-corrected chi connectivity index (χ2v) is 7.03. The number of guanidine groups is 1. The van der Waals surface area contributed by atoms with Crippen molar-refractivity contribution < 1.29 is 9.53 Å². The molecule has 0 aliphatic carbocycles. The van der Waals surface area contributed by atoms with Crippen molar-refractivity contribution in [2.75, 3.05) is 32.8 Å². The smallest absolute Gasteiger partial charge is 0.409 e. The fourth-order valence-corrected chi connectivity index (χ4v) is 3.19. The second kappa shape index (κ2) is 11.7. The average molecular weight is 395 g/mol. The van der Waals surface area contributed by atoms with Gasteiger partial charge in [0.25, 0.3) is 0 Å². The summed E-state index contributed by atoms with van der Waals surface area (Å²) < 4.78 is 5.07. The zero-order valence-corrected chi connectivity index (χ0v) is 17.1. The average Bonchev–Trinajstić information content (AvgIpc) is 2.67. The summed E-state index contributed by atoms with van der Waals surface area (Å²) in [7, 11) is 0. The van der Waals surface area contributed by atoms with E-state index in [1.165, 1.54) is 5.56 Å². The van der Waals surface area contributed by atoms with Crippen molar-refractivity contribution in [3.63, 3.8) is 0 Å². The highest BCUT2D eigenvalue weighted by Crippen LogP contribution is 2.12. The van der Waals surface area contributed by atoms with E-state index in [2.05, 4.69) is 34.7 Å². The van der Waals surface area contributed by atoms with Gasteiger partial charge in [-0.15, -0.1) is 0 Å². The summed E-state index contributed by atoms with van der Waals surface area (Å²) in [4.78, 5) is 18.2. The van der Waals surface area contributed by atoms with E-state index < -0.39 is 0 Å². The fraction of sp³-hybridized carbons (Fsp3) is 0.600. The SMILES string of the molecule is CCNC(=NCCCc1ccc(Cl)cc1)NC1CCN(C(=O)OCC)CC1. The summed E-state index contributed by atoms with van der Waals surface area (Å²) in [5.41, 5.74) is 1.28. The number of rotatable bonds is 7. The molecule has 1 saturated heterocycles. The highest BCUT2D eigenvalue weighted by atomic mass is 35.5. The van der Waals surface area contributed by atoms with Crippen LogP contribution in [0.3, 0.4) is 0 Å². The lowest BCUT2D eigenvalue weighted by molar-refractivity contribution is 0.0963. The van der Waals surface area contributed by atoms with Crippen LogP contribution in [0.25, 0.3) is 0 Å². The number of hydrogen-bond acceptors (Lipinski definition) is 3. The minimum atomic E-state index is -0.210. The molecule has 0 radical (unpaired) electrons. The Morgan fingerprint density at radius 2 is 1.96 bits per heavy atom. The van der Waals surface area contributed by atoms with Gasteiger partial charge in [-0.2, -0.15) is 0 Å². The third-order valence-electron chi connectivity index (χ3n) is 4.51. The number of nitrogens with one attached hydrogen (secondary N) is 2. The number of aryl methyl sites for hydroxylation is 1. The van der Waals surface area contributed by atoms with Crippen LogP contribution in [-0.2, 0) is 11.2 Å².